The Labute approximate surface area is 231 Å². The maximum Gasteiger partial charge on any atom is 0.162 e. The van der Waals surface area contributed by atoms with Gasteiger partial charge in [0.25, 0.3) is 0 Å². The molecular formula is C32H38N6O. The van der Waals surface area contributed by atoms with Gasteiger partial charge in [-0.25, -0.2) is 9.97 Å². The number of H-pyrrole nitrogens is 1. The van der Waals surface area contributed by atoms with Crippen molar-refractivity contribution < 1.29 is 5.21 Å². The lowest BCUT2D eigenvalue weighted by Crippen LogP contribution is -2.18. The van der Waals surface area contributed by atoms with Crippen LogP contribution in [0.15, 0.2) is 48.7 Å². The number of rotatable bonds is 7. The normalized spacial score (nSPS) is 16.4. The maximum atomic E-state index is 11.0. The molecule has 1 atom stereocenters. The third-order valence-electron chi connectivity index (χ3n) is 7.69. The van der Waals surface area contributed by atoms with E-state index >= 15 is 0 Å². The van der Waals surface area contributed by atoms with Gasteiger partial charge in [-0.1, -0.05) is 49.4 Å². The molecule has 0 bridgehead atoms. The lowest BCUT2D eigenvalue weighted by atomic mass is 9.90. The van der Waals surface area contributed by atoms with Crippen LogP contribution in [0, 0.1) is 12.8 Å². The van der Waals surface area contributed by atoms with Crippen LogP contribution in [0.4, 0.5) is 0 Å². The van der Waals surface area contributed by atoms with Crippen molar-refractivity contribution in [2.24, 2.45) is 0 Å². The number of nitrogens with zero attached hydrogens (tertiary/aromatic N) is 3. The number of terminal acetylenes is 1. The summed E-state index contributed by atoms with van der Waals surface area (Å²) in [5.74, 6) is 1.73. The predicted octanol–water partition coefficient (Wildman–Crippen LogP) is 5.90. The molecule has 2 aromatic heterocycles. The predicted molar refractivity (Wildman–Crippen MR) is 156 cm³/mol. The zero-order valence-electron chi connectivity index (χ0n) is 22.7. The van der Waals surface area contributed by atoms with E-state index < -0.39 is 0 Å². The molecule has 7 heteroatoms. The van der Waals surface area contributed by atoms with Crippen molar-refractivity contribution in [2.75, 3.05) is 13.1 Å². The SMILES string of the molecule is C#C.CCCNCc1ncc(-c2ccc(-c3ccc4c(c3)CCCCc3c-4nc([C@@H]4CCCN4)n3O)cc2)[nH]1. The monoisotopic (exact) mass is 522 g/mol. The second kappa shape index (κ2) is 12.3. The number of imidazole rings is 2. The Morgan fingerprint density at radius 3 is 2.56 bits per heavy atom. The third-order valence-corrected chi connectivity index (χ3v) is 7.69. The molecule has 39 heavy (non-hydrogen) atoms. The molecule has 1 fully saturated rings. The summed E-state index contributed by atoms with van der Waals surface area (Å²) in [6, 6.07) is 15.5. The van der Waals surface area contributed by atoms with Crippen molar-refractivity contribution in [2.45, 2.75) is 64.5 Å². The van der Waals surface area contributed by atoms with E-state index in [9.17, 15) is 5.21 Å². The van der Waals surface area contributed by atoms with Crippen molar-refractivity contribution >= 4 is 0 Å². The average Bonchev–Trinajstić information content (AvgIpc) is 3.73. The van der Waals surface area contributed by atoms with Crippen molar-refractivity contribution in [1.82, 2.24) is 30.3 Å². The van der Waals surface area contributed by atoms with Crippen LogP contribution in [-0.4, -0.2) is 38.0 Å². The molecule has 2 aromatic carbocycles. The second-order valence-electron chi connectivity index (χ2n) is 10.3. The third kappa shape index (κ3) is 5.63. The van der Waals surface area contributed by atoms with Crippen LogP contribution in [0.25, 0.3) is 33.6 Å². The van der Waals surface area contributed by atoms with Gasteiger partial charge >= 0.3 is 0 Å². The van der Waals surface area contributed by atoms with Crippen LogP contribution in [-0.2, 0) is 19.4 Å². The van der Waals surface area contributed by atoms with Gasteiger partial charge in [-0.05, 0) is 80.3 Å². The van der Waals surface area contributed by atoms with Crippen molar-refractivity contribution in [1.29, 1.82) is 0 Å². The van der Waals surface area contributed by atoms with Crippen molar-refractivity contribution in [3.8, 4) is 46.5 Å². The van der Waals surface area contributed by atoms with Gasteiger partial charge in [0, 0.05) is 5.56 Å². The molecule has 2 aliphatic rings. The van der Waals surface area contributed by atoms with E-state index in [0.29, 0.717) is 0 Å². The van der Waals surface area contributed by atoms with Gasteiger partial charge in [-0.2, -0.15) is 4.73 Å². The van der Waals surface area contributed by atoms with Gasteiger partial charge in [0.1, 0.15) is 5.82 Å². The molecule has 0 radical (unpaired) electrons. The van der Waals surface area contributed by atoms with E-state index in [1.54, 1.807) is 0 Å². The van der Waals surface area contributed by atoms with Gasteiger partial charge in [0.2, 0.25) is 0 Å². The van der Waals surface area contributed by atoms with Crippen LogP contribution in [0.2, 0.25) is 0 Å². The Bertz CT molecular complexity index is 1410. The van der Waals surface area contributed by atoms with E-state index in [-0.39, 0.29) is 6.04 Å². The second-order valence-corrected chi connectivity index (χ2v) is 10.3. The van der Waals surface area contributed by atoms with Gasteiger partial charge in [-0.3, -0.25) is 0 Å². The average molecular weight is 523 g/mol. The Kier molecular flexibility index (Phi) is 8.45. The topological polar surface area (TPSA) is 90.8 Å². The number of aryl methyl sites for hydroxylation is 1. The van der Waals surface area contributed by atoms with Gasteiger partial charge in [0.05, 0.1) is 35.9 Å². The van der Waals surface area contributed by atoms with E-state index in [0.717, 1.165) is 104 Å². The smallest absolute Gasteiger partial charge is 0.162 e. The summed E-state index contributed by atoms with van der Waals surface area (Å²) in [4.78, 5) is 12.9. The largest absolute Gasteiger partial charge is 0.427 e. The number of hydrogen-bond acceptors (Lipinski definition) is 5. The summed E-state index contributed by atoms with van der Waals surface area (Å²) in [7, 11) is 0. The minimum absolute atomic E-state index is 0.137. The molecule has 4 N–H and O–H groups in total. The molecular weight excluding hydrogens is 484 g/mol. The summed E-state index contributed by atoms with van der Waals surface area (Å²) in [6.45, 7) is 4.90. The van der Waals surface area contributed by atoms with Gasteiger partial charge in [-0.15, -0.1) is 12.8 Å². The summed E-state index contributed by atoms with van der Waals surface area (Å²) < 4.78 is 1.38. The highest BCUT2D eigenvalue weighted by Gasteiger charge is 2.28. The number of benzene rings is 2. The van der Waals surface area contributed by atoms with E-state index in [1.165, 1.54) is 21.4 Å². The lowest BCUT2D eigenvalue weighted by Gasteiger charge is -2.16. The van der Waals surface area contributed by atoms with Crippen LogP contribution in [0.1, 0.15) is 68.0 Å². The van der Waals surface area contributed by atoms with Crippen LogP contribution < -0.4 is 10.6 Å². The highest BCUT2D eigenvalue weighted by Crippen LogP contribution is 2.36. The van der Waals surface area contributed by atoms with E-state index in [2.05, 4.69) is 82.8 Å². The summed E-state index contributed by atoms with van der Waals surface area (Å²) in [5, 5.41) is 17.9. The van der Waals surface area contributed by atoms with Gasteiger partial charge < -0.3 is 20.8 Å². The number of fused-ring (bicyclic) bond motifs is 3. The highest BCUT2D eigenvalue weighted by molar-refractivity contribution is 5.75. The van der Waals surface area contributed by atoms with Crippen LogP contribution in [0.5, 0.6) is 0 Å². The Morgan fingerprint density at radius 2 is 1.79 bits per heavy atom. The van der Waals surface area contributed by atoms with Crippen LogP contribution >= 0.6 is 0 Å². The van der Waals surface area contributed by atoms with Crippen molar-refractivity contribution in [3.63, 3.8) is 0 Å². The molecule has 1 aliphatic heterocycles. The zero-order valence-corrected chi connectivity index (χ0v) is 22.7. The Hall–Kier alpha value is -3.86. The first-order valence-corrected chi connectivity index (χ1v) is 14.1. The summed E-state index contributed by atoms with van der Waals surface area (Å²) in [5.41, 5.74) is 8.95. The minimum Gasteiger partial charge on any atom is -0.427 e. The molecule has 0 unspecified atom stereocenters. The fraction of sp³-hybridized carbons (Fsp3) is 0.375. The van der Waals surface area contributed by atoms with E-state index in [1.807, 2.05) is 6.20 Å². The maximum absolute atomic E-state index is 11.0. The molecule has 3 heterocycles. The van der Waals surface area contributed by atoms with E-state index in [4.69, 9.17) is 4.98 Å². The molecule has 4 aromatic rings. The number of aromatic amines is 1. The summed E-state index contributed by atoms with van der Waals surface area (Å²) >= 11 is 0. The highest BCUT2D eigenvalue weighted by atomic mass is 16.5. The Morgan fingerprint density at radius 1 is 1.03 bits per heavy atom. The summed E-state index contributed by atoms with van der Waals surface area (Å²) in [6.07, 6.45) is 17.2. The molecule has 1 saturated heterocycles. The first-order valence-electron chi connectivity index (χ1n) is 14.1. The molecule has 7 nitrogen and oxygen atoms in total. The molecule has 1 aliphatic carbocycles. The lowest BCUT2D eigenvalue weighted by molar-refractivity contribution is 0.160. The van der Waals surface area contributed by atoms with Crippen molar-refractivity contribution in [3.05, 3.63) is 71.6 Å². The molecule has 0 spiro atoms. The number of aromatic nitrogens is 4. The molecule has 6 rings (SSSR count). The first-order chi connectivity index (χ1) is 19.2. The van der Waals surface area contributed by atoms with Gasteiger partial charge in [0.15, 0.2) is 5.82 Å². The molecule has 0 amide bonds. The fourth-order valence-corrected chi connectivity index (χ4v) is 5.68. The quantitative estimate of drug-likeness (QED) is 0.138. The zero-order chi connectivity index (χ0) is 27.2. The molecule has 202 valence electrons. The van der Waals surface area contributed by atoms with Crippen LogP contribution in [0.3, 0.4) is 0 Å². The fourth-order valence-electron chi connectivity index (χ4n) is 5.68. The Balaban J connectivity index is 0.00000151. The first kappa shape index (κ1) is 26.7. The molecule has 0 saturated carbocycles. The number of nitrogens with one attached hydrogen (secondary N) is 3. The minimum atomic E-state index is 0.137. The standard InChI is InChI=1S/C30H36N6O.C2H2/c1-2-15-31-19-28-33-18-26(34-28)21-11-9-20(10-12-21)22-13-14-24-23(17-22)6-3-4-8-27-29(24)35-30(36(27)37)25-7-5-16-32-25;1-2/h9-14,17-18,25,31-32,37H,2-8,15-16,19H2,1H3,(H,33,34);1-2H/t25-;/m0./s1. The number of hydrogen-bond donors (Lipinski definition) is 4.